The van der Waals surface area contributed by atoms with Crippen LogP contribution in [0.1, 0.15) is 6.42 Å². The van der Waals surface area contributed by atoms with Gasteiger partial charge in [0, 0.05) is 26.7 Å². The van der Waals surface area contributed by atoms with Crippen LogP contribution in [0.15, 0.2) is 22.3 Å². The molecule has 12 heavy (non-hydrogen) atoms. The highest BCUT2D eigenvalue weighted by molar-refractivity contribution is 5.94. The number of rotatable bonds is 0. The SMILES string of the molecule is COC1=NC=CCC(N(C)C)=N1. The summed E-state index contributed by atoms with van der Waals surface area (Å²) in [5.41, 5.74) is 0. The average molecular weight is 167 g/mol. The predicted octanol–water partition coefficient (Wildman–Crippen LogP) is 0.866. The maximum atomic E-state index is 4.94. The standard InChI is InChI=1S/C8H13N3O/c1-11(2)7-5-4-6-9-8(10-7)12-3/h4,6H,5H2,1-3H3. The van der Waals surface area contributed by atoms with Crippen LogP contribution < -0.4 is 0 Å². The van der Waals surface area contributed by atoms with Gasteiger partial charge >= 0.3 is 6.02 Å². The van der Waals surface area contributed by atoms with Gasteiger partial charge in [0.25, 0.3) is 0 Å². The normalized spacial score (nSPS) is 16.2. The molecule has 0 radical (unpaired) electrons. The van der Waals surface area contributed by atoms with Gasteiger partial charge in [-0.1, -0.05) is 6.08 Å². The molecule has 0 spiro atoms. The maximum Gasteiger partial charge on any atom is 0.317 e. The Labute approximate surface area is 72.3 Å². The Balaban J connectivity index is 2.82. The van der Waals surface area contributed by atoms with Gasteiger partial charge in [-0.3, -0.25) is 0 Å². The summed E-state index contributed by atoms with van der Waals surface area (Å²) in [6, 6.07) is 0.410. The zero-order valence-electron chi connectivity index (χ0n) is 7.61. The molecular formula is C8H13N3O. The van der Waals surface area contributed by atoms with Crippen LogP contribution in [0.3, 0.4) is 0 Å². The molecule has 1 aliphatic heterocycles. The van der Waals surface area contributed by atoms with Crippen LogP contribution in [-0.2, 0) is 4.74 Å². The summed E-state index contributed by atoms with van der Waals surface area (Å²) in [5, 5.41) is 0. The van der Waals surface area contributed by atoms with E-state index < -0.39 is 0 Å². The van der Waals surface area contributed by atoms with E-state index >= 15 is 0 Å². The summed E-state index contributed by atoms with van der Waals surface area (Å²) < 4.78 is 4.94. The molecule has 0 fully saturated rings. The van der Waals surface area contributed by atoms with E-state index in [0.29, 0.717) is 6.02 Å². The van der Waals surface area contributed by atoms with Crippen LogP contribution >= 0.6 is 0 Å². The molecule has 0 N–H and O–H groups in total. The van der Waals surface area contributed by atoms with E-state index in [0.717, 1.165) is 12.3 Å². The van der Waals surface area contributed by atoms with Crippen molar-refractivity contribution >= 4 is 11.9 Å². The van der Waals surface area contributed by atoms with E-state index in [1.165, 1.54) is 0 Å². The second-order valence-electron chi connectivity index (χ2n) is 2.63. The molecule has 1 aliphatic rings. The molecule has 0 amide bonds. The number of amidine groups is 2. The number of nitrogens with zero attached hydrogens (tertiary/aromatic N) is 3. The van der Waals surface area contributed by atoms with E-state index in [4.69, 9.17) is 4.74 Å². The molecule has 0 aromatic heterocycles. The molecule has 0 aliphatic carbocycles. The third-order valence-corrected chi connectivity index (χ3v) is 1.51. The fraction of sp³-hybridized carbons (Fsp3) is 0.500. The van der Waals surface area contributed by atoms with Crippen molar-refractivity contribution in [2.45, 2.75) is 6.42 Å². The van der Waals surface area contributed by atoms with Crippen LogP contribution in [0, 0.1) is 0 Å². The lowest BCUT2D eigenvalue weighted by Gasteiger charge is -2.12. The average Bonchev–Trinajstić information content (AvgIpc) is 2.28. The zero-order valence-corrected chi connectivity index (χ0v) is 7.61. The van der Waals surface area contributed by atoms with Gasteiger partial charge in [-0.05, 0) is 0 Å². The summed E-state index contributed by atoms with van der Waals surface area (Å²) in [4.78, 5) is 10.1. The first-order valence-corrected chi connectivity index (χ1v) is 3.75. The van der Waals surface area contributed by atoms with Gasteiger partial charge in [0.1, 0.15) is 5.84 Å². The van der Waals surface area contributed by atoms with Crippen LogP contribution in [0.25, 0.3) is 0 Å². The first-order valence-electron chi connectivity index (χ1n) is 3.75. The van der Waals surface area contributed by atoms with E-state index in [1.54, 1.807) is 13.3 Å². The molecule has 0 saturated heterocycles. The van der Waals surface area contributed by atoms with E-state index in [2.05, 4.69) is 9.98 Å². The molecular weight excluding hydrogens is 154 g/mol. The molecule has 0 saturated carbocycles. The van der Waals surface area contributed by atoms with Gasteiger partial charge in [-0.15, -0.1) is 0 Å². The van der Waals surface area contributed by atoms with Gasteiger partial charge < -0.3 is 9.64 Å². The molecule has 4 heteroatoms. The van der Waals surface area contributed by atoms with E-state index in [-0.39, 0.29) is 0 Å². The fourth-order valence-electron chi connectivity index (χ4n) is 0.840. The lowest BCUT2D eigenvalue weighted by atomic mass is 10.3. The Bertz CT molecular complexity index is 241. The monoisotopic (exact) mass is 167 g/mol. The number of hydrogen-bond acceptors (Lipinski definition) is 4. The van der Waals surface area contributed by atoms with Crippen LogP contribution in [0.4, 0.5) is 0 Å². The summed E-state index contributed by atoms with van der Waals surface area (Å²) >= 11 is 0. The number of aliphatic imine (C=N–C) groups is 2. The Morgan fingerprint density at radius 3 is 2.83 bits per heavy atom. The smallest absolute Gasteiger partial charge is 0.317 e. The third kappa shape index (κ3) is 2.08. The highest BCUT2D eigenvalue weighted by atomic mass is 16.5. The van der Waals surface area contributed by atoms with Gasteiger partial charge in [-0.2, -0.15) is 4.99 Å². The minimum atomic E-state index is 0.410. The molecule has 0 aromatic rings. The predicted molar refractivity (Wildman–Crippen MR) is 49.3 cm³/mol. The van der Waals surface area contributed by atoms with Crippen LogP contribution in [0.2, 0.25) is 0 Å². The van der Waals surface area contributed by atoms with E-state index in [1.807, 2.05) is 25.1 Å². The first kappa shape index (κ1) is 8.77. The van der Waals surface area contributed by atoms with Gasteiger partial charge in [-0.25, -0.2) is 4.99 Å². The van der Waals surface area contributed by atoms with Crippen LogP contribution in [-0.4, -0.2) is 38.0 Å². The quantitative estimate of drug-likeness (QED) is 0.536. The highest BCUT2D eigenvalue weighted by Crippen LogP contribution is 2.00. The molecule has 1 rings (SSSR count). The van der Waals surface area contributed by atoms with Crippen molar-refractivity contribution in [3.63, 3.8) is 0 Å². The lowest BCUT2D eigenvalue weighted by Crippen LogP contribution is -2.22. The Kier molecular flexibility index (Phi) is 2.85. The van der Waals surface area contributed by atoms with Gasteiger partial charge in [0.05, 0.1) is 7.11 Å². The van der Waals surface area contributed by atoms with Gasteiger partial charge in [0.15, 0.2) is 0 Å². The van der Waals surface area contributed by atoms with Crippen molar-refractivity contribution in [1.82, 2.24) is 4.90 Å². The largest absolute Gasteiger partial charge is 0.467 e. The van der Waals surface area contributed by atoms with E-state index in [9.17, 15) is 0 Å². The summed E-state index contributed by atoms with van der Waals surface area (Å²) in [7, 11) is 5.46. The molecule has 0 unspecified atom stereocenters. The molecule has 0 bridgehead atoms. The minimum Gasteiger partial charge on any atom is -0.467 e. The molecule has 0 aromatic carbocycles. The number of ether oxygens (including phenoxy) is 1. The van der Waals surface area contributed by atoms with Crippen molar-refractivity contribution in [2.24, 2.45) is 9.98 Å². The second kappa shape index (κ2) is 3.90. The first-order chi connectivity index (χ1) is 5.74. The lowest BCUT2D eigenvalue weighted by molar-refractivity contribution is 0.396. The van der Waals surface area contributed by atoms with Crippen molar-refractivity contribution in [1.29, 1.82) is 0 Å². The third-order valence-electron chi connectivity index (χ3n) is 1.51. The molecule has 0 atom stereocenters. The second-order valence-corrected chi connectivity index (χ2v) is 2.63. The fourth-order valence-corrected chi connectivity index (χ4v) is 0.840. The topological polar surface area (TPSA) is 37.2 Å². The Morgan fingerprint density at radius 2 is 2.25 bits per heavy atom. The number of hydrogen-bond donors (Lipinski definition) is 0. The van der Waals surface area contributed by atoms with Crippen LogP contribution in [0.5, 0.6) is 0 Å². The van der Waals surface area contributed by atoms with Crippen molar-refractivity contribution in [3.8, 4) is 0 Å². The van der Waals surface area contributed by atoms with Crippen molar-refractivity contribution in [2.75, 3.05) is 21.2 Å². The van der Waals surface area contributed by atoms with Gasteiger partial charge in [0.2, 0.25) is 0 Å². The minimum absolute atomic E-state index is 0.410. The summed E-state index contributed by atoms with van der Waals surface area (Å²) in [5.74, 6) is 0.948. The highest BCUT2D eigenvalue weighted by Gasteiger charge is 2.04. The Morgan fingerprint density at radius 1 is 1.50 bits per heavy atom. The molecule has 4 nitrogen and oxygen atoms in total. The maximum absolute atomic E-state index is 4.94. The molecule has 66 valence electrons. The summed E-state index contributed by atoms with van der Waals surface area (Å²) in [6.07, 6.45) is 4.45. The van der Waals surface area contributed by atoms with Crippen molar-refractivity contribution in [3.05, 3.63) is 12.3 Å². The zero-order chi connectivity index (χ0) is 8.97. The number of methoxy groups -OCH3 is 1. The Hall–Kier alpha value is -1.32. The molecule has 1 heterocycles. The summed E-state index contributed by atoms with van der Waals surface area (Å²) in [6.45, 7) is 0. The van der Waals surface area contributed by atoms with Crippen molar-refractivity contribution < 1.29 is 4.74 Å².